The van der Waals surface area contributed by atoms with Crippen molar-refractivity contribution < 1.29 is 14.3 Å². The first kappa shape index (κ1) is 19.3. The minimum Gasteiger partial charge on any atom is -0.486 e. The lowest BCUT2D eigenvalue weighted by Gasteiger charge is -2.37. The van der Waals surface area contributed by atoms with E-state index in [4.69, 9.17) is 15.2 Å². The molecule has 3 N–H and O–H groups in total. The molecule has 1 aromatic carbocycles. The van der Waals surface area contributed by atoms with Crippen LogP contribution in [0.2, 0.25) is 0 Å². The van der Waals surface area contributed by atoms with Gasteiger partial charge in [-0.25, -0.2) is 0 Å². The third-order valence-corrected chi connectivity index (χ3v) is 5.28. The number of benzene rings is 1. The van der Waals surface area contributed by atoms with Gasteiger partial charge in [-0.15, -0.1) is 12.4 Å². The molecule has 2 aliphatic rings. The fourth-order valence-corrected chi connectivity index (χ4v) is 3.97. The zero-order chi connectivity index (χ0) is 16.4. The highest BCUT2D eigenvalue weighted by atomic mass is 79.9. The fourth-order valence-electron chi connectivity index (χ4n) is 3.37. The molecule has 0 radical (unpaired) electrons. The normalized spacial score (nSPS) is 25.5. The summed E-state index contributed by atoms with van der Waals surface area (Å²) in [6.07, 6.45) is 3.94. The number of hydrogen-bond donors (Lipinski definition) is 2. The molecule has 1 amide bonds. The van der Waals surface area contributed by atoms with Gasteiger partial charge in [0, 0.05) is 12.1 Å². The van der Waals surface area contributed by atoms with Gasteiger partial charge in [0.25, 0.3) is 0 Å². The van der Waals surface area contributed by atoms with Crippen LogP contribution >= 0.6 is 28.3 Å². The summed E-state index contributed by atoms with van der Waals surface area (Å²) in [7, 11) is 0. The van der Waals surface area contributed by atoms with Gasteiger partial charge >= 0.3 is 0 Å². The number of ether oxygens (including phenoxy) is 2. The Kier molecular flexibility index (Phi) is 6.39. The minimum absolute atomic E-state index is 0. The maximum absolute atomic E-state index is 12.5. The van der Waals surface area contributed by atoms with Crippen molar-refractivity contribution in [3.05, 3.63) is 22.2 Å². The van der Waals surface area contributed by atoms with Crippen molar-refractivity contribution in [3.8, 4) is 11.5 Å². The van der Waals surface area contributed by atoms with Gasteiger partial charge in [0.05, 0.1) is 10.4 Å². The molecule has 24 heavy (non-hydrogen) atoms. The van der Waals surface area contributed by atoms with Gasteiger partial charge in [0.1, 0.15) is 13.2 Å². The number of carbonyl (C=O) groups excluding carboxylic acids is 1. The van der Waals surface area contributed by atoms with E-state index in [-0.39, 0.29) is 24.2 Å². The number of nitrogens with two attached hydrogens (primary N) is 1. The predicted molar refractivity (Wildman–Crippen MR) is 98.8 cm³/mol. The monoisotopic (exact) mass is 418 g/mol. The molecule has 7 heteroatoms. The van der Waals surface area contributed by atoms with Crippen LogP contribution in [0.3, 0.4) is 0 Å². The Balaban J connectivity index is 0.00000208. The van der Waals surface area contributed by atoms with Crippen molar-refractivity contribution in [2.75, 3.05) is 13.2 Å². The number of fused-ring (bicyclic) bond motifs is 1. The first-order valence-corrected chi connectivity index (χ1v) is 8.91. The van der Waals surface area contributed by atoms with Gasteiger partial charge in [0.15, 0.2) is 11.5 Å². The maximum Gasteiger partial charge on any atom is 0.225 e. The van der Waals surface area contributed by atoms with Crippen LogP contribution in [0.5, 0.6) is 11.5 Å². The topological polar surface area (TPSA) is 73.6 Å². The van der Waals surface area contributed by atoms with Crippen LogP contribution in [0.4, 0.5) is 0 Å². The average Bonchev–Trinajstić information content (AvgIpc) is 2.52. The number of rotatable bonds is 3. The third-order valence-electron chi connectivity index (χ3n) is 4.69. The second-order valence-electron chi connectivity index (χ2n) is 6.62. The lowest BCUT2D eigenvalue weighted by atomic mass is 9.74. The third kappa shape index (κ3) is 4.16. The van der Waals surface area contributed by atoms with Crippen molar-refractivity contribution in [2.45, 2.75) is 44.7 Å². The first-order valence-electron chi connectivity index (χ1n) is 8.12. The molecule has 0 spiro atoms. The van der Waals surface area contributed by atoms with E-state index in [9.17, 15) is 4.79 Å². The van der Waals surface area contributed by atoms with Crippen LogP contribution in [0.1, 0.15) is 38.2 Å². The van der Waals surface area contributed by atoms with Gasteiger partial charge in [-0.3, -0.25) is 4.79 Å². The lowest BCUT2D eigenvalue weighted by molar-refractivity contribution is -0.128. The van der Waals surface area contributed by atoms with E-state index < -0.39 is 5.54 Å². The van der Waals surface area contributed by atoms with Crippen LogP contribution in [-0.4, -0.2) is 24.7 Å². The number of nitrogens with one attached hydrogen (secondary N) is 1. The maximum atomic E-state index is 12.5. The van der Waals surface area contributed by atoms with Crippen molar-refractivity contribution in [2.24, 2.45) is 11.7 Å². The molecule has 0 aromatic heterocycles. The Morgan fingerprint density at radius 1 is 1.38 bits per heavy atom. The van der Waals surface area contributed by atoms with E-state index in [1.54, 1.807) is 0 Å². The highest BCUT2D eigenvalue weighted by molar-refractivity contribution is 9.10. The van der Waals surface area contributed by atoms with Crippen molar-refractivity contribution >= 4 is 34.2 Å². The summed E-state index contributed by atoms with van der Waals surface area (Å²) in [5.41, 5.74) is 6.87. The second-order valence-corrected chi connectivity index (χ2v) is 7.48. The SMILES string of the molecule is CC1(N)CCCCC1C(=O)NCc1cc(Br)c2c(c1)OCCO2.Cl. The summed E-state index contributed by atoms with van der Waals surface area (Å²) in [4.78, 5) is 12.5. The smallest absolute Gasteiger partial charge is 0.225 e. The zero-order valence-corrected chi connectivity index (χ0v) is 16.2. The number of carbonyl (C=O) groups is 1. The van der Waals surface area contributed by atoms with Gasteiger partial charge in [-0.05, 0) is 53.4 Å². The summed E-state index contributed by atoms with van der Waals surface area (Å²) in [5.74, 6) is 1.38. The highest BCUT2D eigenvalue weighted by Gasteiger charge is 2.37. The van der Waals surface area contributed by atoms with E-state index in [1.807, 2.05) is 19.1 Å². The molecule has 2 atom stereocenters. The molecular formula is C17H24BrClN2O3. The van der Waals surface area contributed by atoms with E-state index in [0.29, 0.717) is 19.8 Å². The first-order chi connectivity index (χ1) is 11.0. The molecule has 1 aliphatic carbocycles. The standard InChI is InChI=1S/C17H23BrN2O3.ClH/c1-17(19)5-3-2-4-12(17)16(21)20-10-11-8-13(18)15-14(9-11)22-6-7-23-15;/h8-9,12H,2-7,10,19H2,1H3,(H,20,21);1H. The van der Waals surface area contributed by atoms with Crippen LogP contribution < -0.4 is 20.5 Å². The van der Waals surface area contributed by atoms with Crippen LogP contribution in [0.25, 0.3) is 0 Å². The van der Waals surface area contributed by atoms with Crippen LogP contribution in [0.15, 0.2) is 16.6 Å². The molecule has 1 saturated carbocycles. The Hall–Kier alpha value is -0.980. The molecular weight excluding hydrogens is 396 g/mol. The second kappa shape index (κ2) is 7.93. The zero-order valence-electron chi connectivity index (χ0n) is 13.8. The quantitative estimate of drug-likeness (QED) is 0.789. The van der Waals surface area contributed by atoms with E-state index in [1.165, 1.54) is 0 Å². The van der Waals surface area contributed by atoms with Gasteiger partial charge in [0.2, 0.25) is 5.91 Å². The van der Waals surface area contributed by atoms with E-state index in [2.05, 4.69) is 21.2 Å². The molecule has 2 unspecified atom stereocenters. The minimum atomic E-state index is -0.407. The summed E-state index contributed by atoms with van der Waals surface area (Å²) in [5, 5.41) is 3.02. The Labute approximate surface area is 157 Å². The van der Waals surface area contributed by atoms with Gasteiger partial charge in [-0.2, -0.15) is 0 Å². The molecule has 0 saturated heterocycles. The number of halogens is 2. The van der Waals surface area contributed by atoms with Crippen molar-refractivity contribution in [3.63, 3.8) is 0 Å². The lowest BCUT2D eigenvalue weighted by Crippen LogP contribution is -2.52. The number of amides is 1. The summed E-state index contributed by atoms with van der Waals surface area (Å²) in [6.45, 7) is 3.54. The van der Waals surface area contributed by atoms with E-state index in [0.717, 1.165) is 47.2 Å². The van der Waals surface area contributed by atoms with Crippen LogP contribution in [0, 0.1) is 5.92 Å². The molecule has 3 rings (SSSR count). The summed E-state index contributed by atoms with van der Waals surface area (Å²) < 4.78 is 12.0. The van der Waals surface area contributed by atoms with Gasteiger partial charge in [-0.1, -0.05) is 12.8 Å². The summed E-state index contributed by atoms with van der Waals surface area (Å²) >= 11 is 3.50. The average molecular weight is 420 g/mol. The Morgan fingerprint density at radius 2 is 2.12 bits per heavy atom. The number of hydrogen-bond acceptors (Lipinski definition) is 4. The molecule has 1 fully saturated rings. The fraction of sp³-hybridized carbons (Fsp3) is 0.588. The summed E-state index contributed by atoms with van der Waals surface area (Å²) in [6, 6.07) is 3.87. The van der Waals surface area contributed by atoms with E-state index >= 15 is 0 Å². The highest BCUT2D eigenvalue weighted by Crippen LogP contribution is 2.38. The molecule has 1 aromatic rings. The molecule has 0 bridgehead atoms. The predicted octanol–water partition coefficient (Wildman–Crippen LogP) is 3.17. The molecule has 1 aliphatic heterocycles. The largest absolute Gasteiger partial charge is 0.486 e. The Bertz CT molecular complexity index is 610. The molecule has 1 heterocycles. The van der Waals surface area contributed by atoms with Gasteiger partial charge < -0.3 is 20.5 Å². The van der Waals surface area contributed by atoms with Crippen molar-refractivity contribution in [1.82, 2.24) is 5.32 Å². The Morgan fingerprint density at radius 3 is 2.88 bits per heavy atom. The molecule has 134 valence electrons. The van der Waals surface area contributed by atoms with Crippen molar-refractivity contribution in [1.29, 1.82) is 0 Å². The molecule has 5 nitrogen and oxygen atoms in total. The van der Waals surface area contributed by atoms with Crippen LogP contribution in [-0.2, 0) is 11.3 Å².